The number of aryl methyl sites for hydroxylation is 1. The Morgan fingerprint density at radius 3 is 2.86 bits per heavy atom. The molecule has 0 spiro atoms. The summed E-state index contributed by atoms with van der Waals surface area (Å²) in [5, 5.41) is 7.42. The smallest absolute Gasteiger partial charge is 0.270 e. The van der Waals surface area contributed by atoms with Gasteiger partial charge in [-0.2, -0.15) is 0 Å². The predicted molar refractivity (Wildman–Crippen MR) is 115 cm³/mol. The standard InChI is InChI=1S/C23H23N5O/c1-16-5-4-6-17(11-16)13-26-23(29)21-12-22(28-15-27-21)24-10-9-18-14-25-20-8-3-2-7-19(18)20/h2-8,11-12,14-15,25H,9-10,13H2,1H3,(H,26,29)(H,24,27,28). The van der Waals surface area contributed by atoms with Gasteiger partial charge >= 0.3 is 0 Å². The van der Waals surface area contributed by atoms with E-state index < -0.39 is 0 Å². The monoisotopic (exact) mass is 385 g/mol. The molecule has 0 radical (unpaired) electrons. The second kappa shape index (κ2) is 8.56. The molecule has 0 atom stereocenters. The minimum atomic E-state index is -0.214. The fraction of sp³-hybridized carbons (Fsp3) is 0.174. The van der Waals surface area contributed by atoms with Crippen LogP contribution < -0.4 is 10.6 Å². The average Bonchev–Trinajstić information content (AvgIpc) is 3.15. The molecule has 3 N–H and O–H groups in total. The number of nitrogens with zero attached hydrogens (tertiary/aromatic N) is 2. The molecule has 2 heterocycles. The first-order chi connectivity index (χ1) is 14.2. The lowest BCUT2D eigenvalue weighted by Crippen LogP contribution is -2.24. The lowest BCUT2D eigenvalue weighted by molar-refractivity contribution is 0.0946. The second-order valence-corrected chi connectivity index (χ2v) is 7.00. The van der Waals surface area contributed by atoms with E-state index in [9.17, 15) is 4.79 Å². The van der Waals surface area contributed by atoms with Gasteiger partial charge in [-0.15, -0.1) is 0 Å². The summed E-state index contributed by atoms with van der Waals surface area (Å²) in [5.41, 5.74) is 4.96. The fourth-order valence-electron chi connectivity index (χ4n) is 3.34. The maximum atomic E-state index is 12.4. The van der Waals surface area contributed by atoms with Crippen molar-refractivity contribution in [2.45, 2.75) is 19.9 Å². The molecule has 0 saturated heterocycles. The summed E-state index contributed by atoms with van der Waals surface area (Å²) in [6.07, 6.45) is 4.30. The van der Waals surface area contributed by atoms with Crippen molar-refractivity contribution in [2.24, 2.45) is 0 Å². The van der Waals surface area contributed by atoms with E-state index in [1.165, 1.54) is 22.8 Å². The molecule has 2 aromatic carbocycles. The van der Waals surface area contributed by atoms with E-state index >= 15 is 0 Å². The first-order valence-corrected chi connectivity index (χ1v) is 9.64. The highest BCUT2D eigenvalue weighted by molar-refractivity contribution is 5.92. The van der Waals surface area contributed by atoms with Crippen LogP contribution in [0.5, 0.6) is 0 Å². The number of aromatic amines is 1. The Hall–Kier alpha value is -3.67. The van der Waals surface area contributed by atoms with Gasteiger partial charge in [0, 0.05) is 36.3 Å². The number of fused-ring (bicyclic) bond motifs is 1. The van der Waals surface area contributed by atoms with Crippen LogP contribution in [0, 0.1) is 6.92 Å². The number of anilines is 1. The number of carbonyl (C=O) groups excluding carboxylic acids is 1. The number of para-hydroxylation sites is 1. The summed E-state index contributed by atoms with van der Waals surface area (Å²) < 4.78 is 0. The molecule has 146 valence electrons. The number of aromatic nitrogens is 3. The Labute approximate surface area is 169 Å². The third-order valence-electron chi connectivity index (χ3n) is 4.81. The van der Waals surface area contributed by atoms with Gasteiger partial charge in [-0.3, -0.25) is 4.79 Å². The van der Waals surface area contributed by atoms with Gasteiger partial charge in [-0.1, -0.05) is 48.0 Å². The molecule has 4 aromatic rings. The molecule has 0 unspecified atom stereocenters. The van der Waals surface area contributed by atoms with Crippen LogP contribution in [-0.4, -0.2) is 27.4 Å². The normalized spacial score (nSPS) is 10.8. The predicted octanol–water partition coefficient (Wildman–Crippen LogP) is 3.85. The highest BCUT2D eigenvalue weighted by Gasteiger charge is 2.09. The van der Waals surface area contributed by atoms with Crippen molar-refractivity contribution in [1.29, 1.82) is 0 Å². The topological polar surface area (TPSA) is 82.7 Å². The average molecular weight is 385 g/mol. The van der Waals surface area contributed by atoms with Crippen molar-refractivity contribution in [3.63, 3.8) is 0 Å². The van der Waals surface area contributed by atoms with Crippen LogP contribution in [0.4, 0.5) is 5.82 Å². The van der Waals surface area contributed by atoms with Gasteiger partial charge in [0.05, 0.1) is 0 Å². The summed E-state index contributed by atoms with van der Waals surface area (Å²) >= 11 is 0. The van der Waals surface area contributed by atoms with Gasteiger partial charge in [-0.25, -0.2) is 9.97 Å². The number of benzene rings is 2. The van der Waals surface area contributed by atoms with Crippen LogP contribution in [0.3, 0.4) is 0 Å². The number of nitrogens with one attached hydrogen (secondary N) is 3. The van der Waals surface area contributed by atoms with Crippen molar-refractivity contribution in [2.75, 3.05) is 11.9 Å². The molecule has 0 aliphatic rings. The molecule has 0 aliphatic carbocycles. The molecule has 6 heteroatoms. The largest absolute Gasteiger partial charge is 0.370 e. The maximum Gasteiger partial charge on any atom is 0.270 e. The van der Waals surface area contributed by atoms with Crippen molar-refractivity contribution < 1.29 is 4.79 Å². The van der Waals surface area contributed by atoms with E-state index in [4.69, 9.17) is 0 Å². The lowest BCUT2D eigenvalue weighted by atomic mass is 10.1. The number of rotatable bonds is 7. The van der Waals surface area contributed by atoms with Crippen LogP contribution in [-0.2, 0) is 13.0 Å². The van der Waals surface area contributed by atoms with E-state index in [2.05, 4.69) is 43.8 Å². The van der Waals surface area contributed by atoms with E-state index in [1.807, 2.05) is 43.5 Å². The summed E-state index contributed by atoms with van der Waals surface area (Å²) in [6.45, 7) is 3.21. The first-order valence-electron chi connectivity index (χ1n) is 9.64. The highest BCUT2D eigenvalue weighted by atomic mass is 16.1. The van der Waals surface area contributed by atoms with E-state index in [0.717, 1.165) is 17.5 Å². The molecule has 29 heavy (non-hydrogen) atoms. The first kappa shape index (κ1) is 18.7. The van der Waals surface area contributed by atoms with E-state index in [0.29, 0.717) is 24.6 Å². The van der Waals surface area contributed by atoms with Crippen LogP contribution in [0.2, 0.25) is 0 Å². The molecule has 6 nitrogen and oxygen atoms in total. The van der Waals surface area contributed by atoms with Gasteiger partial charge in [0.2, 0.25) is 0 Å². The lowest BCUT2D eigenvalue weighted by Gasteiger charge is -2.08. The Kier molecular flexibility index (Phi) is 5.52. The van der Waals surface area contributed by atoms with E-state index in [-0.39, 0.29) is 5.91 Å². The zero-order chi connectivity index (χ0) is 20.1. The number of H-pyrrole nitrogens is 1. The third-order valence-corrected chi connectivity index (χ3v) is 4.81. The Bertz CT molecular complexity index is 1130. The van der Waals surface area contributed by atoms with Crippen molar-refractivity contribution in [3.05, 3.63) is 89.5 Å². The third kappa shape index (κ3) is 4.60. The summed E-state index contributed by atoms with van der Waals surface area (Å²) in [6, 6.07) is 18.0. The molecular weight excluding hydrogens is 362 g/mol. The molecule has 4 rings (SSSR count). The highest BCUT2D eigenvalue weighted by Crippen LogP contribution is 2.18. The summed E-state index contributed by atoms with van der Waals surface area (Å²) in [5.74, 6) is 0.425. The minimum Gasteiger partial charge on any atom is -0.370 e. The number of hydrogen-bond acceptors (Lipinski definition) is 4. The number of carbonyl (C=O) groups is 1. The van der Waals surface area contributed by atoms with Crippen LogP contribution in [0.25, 0.3) is 10.9 Å². The van der Waals surface area contributed by atoms with Gasteiger partial charge in [0.1, 0.15) is 17.8 Å². The quantitative estimate of drug-likeness (QED) is 0.451. The number of hydrogen-bond donors (Lipinski definition) is 3. The van der Waals surface area contributed by atoms with Crippen molar-refractivity contribution in [1.82, 2.24) is 20.3 Å². The molecule has 0 bridgehead atoms. The Morgan fingerprint density at radius 2 is 1.97 bits per heavy atom. The molecule has 2 aromatic heterocycles. The number of amides is 1. The van der Waals surface area contributed by atoms with Crippen molar-refractivity contribution in [3.8, 4) is 0 Å². The Morgan fingerprint density at radius 1 is 1.07 bits per heavy atom. The second-order valence-electron chi connectivity index (χ2n) is 7.00. The van der Waals surface area contributed by atoms with Gasteiger partial charge in [-0.05, 0) is 30.5 Å². The molecule has 0 aliphatic heterocycles. The van der Waals surface area contributed by atoms with Gasteiger partial charge < -0.3 is 15.6 Å². The molecular formula is C23H23N5O. The summed E-state index contributed by atoms with van der Waals surface area (Å²) in [4.78, 5) is 24.0. The molecule has 1 amide bonds. The van der Waals surface area contributed by atoms with Crippen LogP contribution in [0.1, 0.15) is 27.2 Å². The van der Waals surface area contributed by atoms with Gasteiger partial charge in [0.25, 0.3) is 5.91 Å². The molecule has 0 saturated carbocycles. The fourth-order valence-corrected chi connectivity index (χ4v) is 3.34. The summed E-state index contributed by atoms with van der Waals surface area (Å²) in [7, 11) is 0. The SMILES string of the molecule is Cc1cccc(CNC(=O)c2cc(NCCc3c[nH]c4ccccc34)ncn2)c1. The zero-order valence-corrected chi connectivity index (χ0v) is 16.3. The van der Waals surface area contributed by atoms with Crippen LogP contribution in [0.15, 0.2) is 67.1 Å². The zero-order valence-electron chi connectivity index (χ0n) is 16.3. The van der Waals surface area contributed by atoms with E-state index in [1.54, 1.807) is 6.07 Å². The van der Waals surface area contributed by atoms with Crippen molar-refractivity contribution >= 4 is 22.6 Å². The van der Waals surface area contributed by atoms with Crippen LogP contribution >= 0.6 is 0 Å². The minimum absolute atomic E-state index is 0.214. The maximum absolute atomic E-state index is 12.4. The van der Waals surface area contributed by atoms with Gasteiger partial charge in [0.15, 0.2) is 0 Å². The Balaban J connectivity index is 1.33. The molecule has 0 fully saturated rings.